The lowest BCUT2D eigenvalue weighted by molar-refractivity contribution is -0.120. The number of hydrogen-bond acceptors (Lipinski definition) is 3. The Labute approximate surface area is 185 Å². The molecular weight excluding hydrogens is 390 g/mol. The third-order valence-corrected chi connectivity index (χ3v) is 6.22. The van der Waals surface area contributed by atoms with Gasteiger partial charge >= 0.3 is 0 Å². The third-order valence-electron chi connectivity index (χ3n) is 6.12. The molecule has 2 fully saturated rings. The van der Waals surface area contributed by atoms with Crippen LogP contribution in [0.2, 0.25) is 0 Å². The number of carbonyl (C=O) groups excluding carboxylic acids is 1. The molecule has 158 valence electrons. The summed E-state index contributed by atoms with van der Waals surface area (Å²) in [7, 11) is 0. The van der Waals surface area contributed by atoms with Gasteiger partial charge in [0.25, 0.3) is 0 Å². The van der Waals surface area contributed by atoms with Crippen molar-refractivity contribution in [3.63, 3.8) is 0 Å². The molecule has 0 radical (unpaired) electrons. The molecule has 1 amide bonds. The highest BCUT2D eigenvalue weighted by molar-refractivity contribution is 7.80. The fraction of sp³-hybridized carbons (Fsp3) is 0.440. The van der Waals surface area contributed by atoms with Crippen molar-refractivity contribution in [1.29, 1.82) is 0 Å². The number of carbonyl (C=O) groups is 1. The van der Waals surface area contributed by atoms with Crippen LogP contribution in [0.4, 0.5) is 11.4 Å². The van der Waals surface area contributed by atoms with Crippen LogP contribution in [-0.2, 0) is 11.2 Å². The monoisotopic (exact) mass is 421 g/mol. The zero-order chi connectivity index (χ0) is 20.9. The van der Waals surface area contributed by atoms with Gasteiger partial charge in [0.05, 0.1) is 16.4 Å². The largest absolute Gasteiger partial charge is 0.349 e. The molecule has 1 saturated carbocycles. The second-order valence-electron chi connectivity index (χ2n) is 8.49. The summed E-state index contributed by atoms with van der Waals surface area (Å²) in [5.74, 6) is 0.483. The first-order valence-electron chi connectivity index (χ1n) is 11.1. The Morgan fingerprint density at radius 2 is 1.70 bits per heavy atom. The summed E-state index contributed by atoms with van der Waals surface area (Å²) < 4.78 is 0. The number of nitrogens with one attached hydrogen (secondary N) is 1. The summed E-state index contributed by atoms with van der Waals surface area (Å²) in [5.41, 5.74) is 3.30. The van der Waals surface area contributed by atoms with Crippen LogP contribution in [0.5, 0.6) is 0 Å². The Kier molecular flexibility index (Phi) is 6.80. The van der Waals surface area contributed by atoms with Gasteiger partial charge in [-0.05, 0) is 56.7 Å². The van der Waals surface area contributed by atoms with Crippen LogP contribution in [0.15, 0.2) is 54.6 Å². The van der Waals surface area contributed by atoms with E-state index in [1.165, 1.54) is 5.56 Å². The molecule has 1 heterocycles. The van der Waals surface area contributed by atoms with Crippen molar-refractivity contribution >= 4 is 34.5 Å². The van der Waals surface area contributed by atoms with E-state index in [1.807, 2.05) is 25.1 Å². The zero-order valence-corrected chi connectivity index (χ0v) is 18.5. The lowest BCUT2D eigenvalue weighted by Gasteiger charge is -2.39. The van der Waals surface area contributed by atoms with Gasteiger partial charge in [-0.15, -0.1) is 0 Å². The molecule has 0 bridgehead atoms. The predicted octanol–water partition coefficient (Wildman–Crippen LogP) is 4.90. The minimum atomic E-state index is 0.197. The average molecular weight is 422 g/mol. The molecule has 4 rings (SSSR count). The maximum atomic E-state index is 13.3. The van der Waals surface area contributed by atoms with Crippen LogP contribution in [0, 0.1) is 5.92 Å². The first-order chi connectivity index (χ1) is 14.6. The van der Waals surface area contributed by atoms with E-state index in [0.29, 0.717) is 0 Å². The van der Waals surface area contributed by atoms with Gasteiger partial charge in [-0.1, -0.05) is 54.7 Å². The number of piperidine rings is 1. The zero-order valence-electron chi connectivity index (χ0n) is 17.7. The second kappa shape index (κ2) is 9.71. The molecule has 1 aliphatic carbocycles. The second-order valence-corrected chi connectivity index (χ2v) is 9.10. The van der Waals surface area contributed by atoms with E-state index < -0.39 is 0 Å². The molecule has 0 spiro atoms. The number of para-hydroxylation sites is 2. The van der Waals surface area contributed by atoms with Crippen molar-refractivity contribution in [3.05, 3.63) is 60.2 Å². The highest BCUT2D eigenvalue weighted by Gasteiger charge is 2.38. The van der Waals surface area contributed by atoms with Gasteiger partial charge in [0.1, 0.15) is 0 Å². The van der Waals surface area contributed by atoms with Crippen molar-refractivity contribution in [2.45, 2.75) is 45.1 Å². The van der Waals surface area contributed by atoms with Crippen LogP contribution in [0.1, 0.15) is 38.2 Å². The standard InChI is InChI=1S/C25H31N3OS/c1-19(30)26-23-9-5-6-10-24(23)28(25(29)21-11-12-21)22-14-17-27(18-15-22)16-13-20-7-3-2-4-8-20/h2-10,21-22H,11-18H2,1H3,(H,26,30). The number of nitrogens with zero attached hydrogens (tertiary/aromatic N) is 2. The molecule has 2 aromatic carbocycles. The van der Waals surface area contributed by atoms with Gasteiger partial charge in [-0.25, -0.2) is 0 Å². The maximum Gasteiger partial charge on any atom is 0.230 e. The van der Waals surface area contributed by atoms with Crippen molar-refractivity contribution in [1.82, 2.24) is 4.90 Å². The van der Waals surface area contributed by atoms with Crippen LogP contribution < -0.4 is 10.2 Å². The summed E-state index contributed by atoms with van der Waals surface area (Å²) in [5, 5.41) is 3.28. The lowest BCUT2D eigenvalue weighted by atomic mass is 10.00. The van der Waals surface area contributed by atoms with E-state index in [9.17, 15) is 4.79 Å². The van der Waals surface area contributed by atoms with Gasteiger partial charge in [0.15, 0.2) is 0 Å². The van der Waals surface area contributed by atoms with Crippen LogP contribution in [-0.4, -0.2) is 41.5 Å². The fourth-order valence-corrected chi connectivity index (χ4v) is 4.44. The SMILES string of the molecule is CC(=S)Nc1ccccc1N(C(=O)C1CC1)C1CCN(CCc2ccccc2)CC1. The normalized spacial score (nSPS) is 17.5. The molecule has 2 aromatic rings. The van der Waals surface area contributed by atoms with E-state index in [1.54, 1.807) is 0 Å². The number of benzene rings is 2. The minimum Gasteiger partial charge on any atom is -0.349 e. The van der Waals surface area contributed by atoms with Gasteiger partial charge in [0, 0.05) is 31.6 Å². The van der Waals surface area contributed by atoms with Crippen molar-refractivity contribution in [3.8, 4) is 0 Å². The molecule has 1 N–H and O–H groups in total. The number of thiocarbonyl (C=S) groups is 1. The summed E-state index contributed by atoms with van der Waals surface area (Å²) in [6.07, 6.45) is 5.15. The van der Waals surface area contributed by atoms with Crippen molar-refractivity contribution in [2.24, 2.45) is 5.92 Å². The molecular formula is C25H31N3OS. The molecule has 5 heteroatoms. The summed E-state index contributed by atoms with van der Waals surface area (Å²) >= 11 is 5.27. The number of hydrogen-bond donors (Lipinski definition) is 1. The third kappa shape index (κ3) is 5.27. The molecule has 2 aliphatic rings. The summed E-state index contributed by atoms with van der Waals surface area (Å²) in [6, 6.07) is 19.0. The topological polar surface area (TPSA) is 35.6 Å². The Morgan fingerprint density at radius 3 is 2.37 bits per heavy atom. The lowest BCUT2D eigenvalue weighted by Crippen LogP contribution is -2.48. The van der Waals surface area contributed by atoms with Gasteiger partial charge in [-0.3, -0.25) is 4.79 Å². The van der Waals surface area contributed by atoms with E-state index >= 15 is 0 Å². The van der Waals surface area contributed by atoms with Gasteiger partial charge < -0.3 is 15.1 Å². The molecule has 1 saturated heterocycles. The fourth-order valence-electron chi connectivity index (χ4n) is 4.33. The minimum absolute atomic E-state index is 0.197. The Bertz CT molecular complexity index is 873. The number of anilines is 2. The highest BCUT2D eigenvalue weighted by atomic mass is 32.1. The predicted molar refractivity (Wildman–Crippen MR) is 128 cm³/mol. The molecule has 4 nitrogen and oxygen atoms in total. The van der Waals surface area contributed by atoms with E-state index in [-0.39, 0.29) is 17.9 Å². The first kappa shape index (κ1) is 21.0. The number of likely N-dealkylation sites (tertiary alicyclic amines) is 1. The molecule has 0 unspecified atom stereocenters. The Hall–Kier alpha value is -2.24. The number of rotatable bonds is 7. The quantitative estimate of drug-likeness (QED) is 0.645. The summed E-state index contributed by atoms with van der Waals surface area (Å²) in [4.78, 5) is 18.6. The van der Waals surface area contributed by atoms with E-state index in [0.717, 1.165) is 68.1 Å². The van der Waals surface area contributed by atoms with Crippen LogP contribution in [0.3, 0.4) is 0 Å². The van der Waals surface area contributed by atoms with Crippen LogP contribution in [0.25, 0.3) is 0 Å². The van der Waals surface area contributed by atoms with E-state index in [2.05, 4.69) is 51.5 Å². The maximum absolute atomic E-state index is 13.3. The highest BCUT2D eigenvalue weighted by Crippen LogP contribution is 2.38. The smallest absolute Gasteiger partial charge is 0.230 e. The number of amides is 1. The molecule has 30 heavy (non-hydrogen) atoms. The molecule has 0 atom stereocenters. The van der Waals surface area contributed by atoms with Crippen LogP contribution >= 0.6 is 12.2 Å². The van der Waals surface area contributed by atoms with Crippen molar-refractivity contribution < 1.29 is 4.79 Å². The summed E-state index contributed by atoms with van der Waals surface area (Å²) in [6.45, 7) is 5.03. The first-order valence-corrected chi connectivity index (χ1v) is 11.5. The van der Waals surface area contributed by atoms with E-state index in [4.69, 9.17) is 12.2 Å². The average Bonchev–Trinajstić information content (AvgIpc) is 3.60. The van der Waals surface area contributed by atoms with Gasteiger partial charge in [-0.2, -0.15) is 0 Å². The molecule has 0 aromatic heterocycles. The van der Waals surface area contributed by atoms with Crippen molar-refractivity contribution in [2.75, 3.05) is 29.9 Å². The molecule has 1 aliphatic heterocycles. The Balaban J connectivity index is 1.44. The van der Waals surface area contributed by atoms with Gasteiger partial charge in [0.2, 0.25) is 5.91 Å². The Morgan fingerprint density at radius 1 is 1.03 bits per heavy atom.